The first-order chi connectivity index (χ1) is 9.79. The first-order valence-electron chi connectivity index (χ1n) is 6.36. The van der Waals surface area contributed by atoms with E-state index < -0.39 is 0 Å². The fourth-order valence-corrected chi connectivity index (χ4v) is 2.77. The van der Waals surface area contributed by atoms with E-state index in [0.717, 1.165) is 21.8 Å². The molecule has 0 aliphatic carbocycles. The van der Waals surface area contributed by atoms with Crippen molar-refractivity contribution in [3.05, 3.63) is 63.3 Å². The van der Waals surface area contributed by atoms with Crippen LogP contribution in [0.1, 0.15) is 23.7 Å². The van der Waals surface area contributed by atoms with Crippen LogP contribution in [0.25, 0.3) is 17.1 Å². The van der Waals surface area contributed by atoms with E-state index in [2.05, 4.69) is 9.97 Å². The number of aromatic nitrogens is 3. The van der Waals surface area contributed by atoms with Crippen LogP contribution in [0.5, 0.6) is 0 Å². The van der Waals surface area contributed by atoms with Crippen LogP contribution in [-0.4, -0.2) is 14.4 Å². The minimum absolute atomic E-state index is 0.0214. The summed E-state index contributed by atoms with van der Waals surface area (Å²) in [5, 5.41) is 1.87. The molecule has 0 radical (unpaired) electrons. The maximum atomic E-state index is 12.3. The fourth-order valence-electron chi connectivity index (χ4n) is 2.05. The van der Waals surface area contributed by atoms with Crippen molar-refractivity contribution in [3.8, 4) is 0 Å². The Morgan fingerprint density at radius 1 is 1.30 bits per heavy atom. The molecule has 0 N–H and O–H groups in total. The van der Waals surface area contributed by atoms with Gasteiger partial charge in [0.05, 0.1) is 5.69 Å². The van der Waals surface area contributed by atoms with Crippen molar-refractivity contribution < 1.29 is 0 Å². The first-order valence-corrected chi connectivity index (χ1v) is 7.24. The molecule has 0 aliphatic rings. The smallest absolute Gasteiger partial charge is 0.262 e. The Labute approximate surface area is 120 Å². The van der Waals surface area contributed by atoms with Crippen molar-refractivity contribution in [2.75, 3.05) is 0 Å². The molecule has 0 atom stereocenters. The van der Waals surface area contributed by atoms with Crippen LogP contribution < -0.4 is 5.56 Å². The molecule has 0 saturated carbocycles. The lowest BCUT2D eigenvalue weighted by Crippen LogP contribution is -2.19. The van der Waals surface area contributed by atoms with Crippen LogP contribution >= 0.6 is 11.3 Å². The standard InChI is InChI=1S/C15H13N3OS/c1-2-12-13(4-3-11-5-7-16-8-6-11)17-15-18(14(12)19)9-10-20-15/h3-10H,2H2,1H3. The third-order valence-electron chi connectivity index (χ3n) is 3.09. The highest BCUT2D eigenvalue weighted by Gasteiger charge is 2.09. The van der Waals surface area contributed by atoms with Gasteiger partial charge in [-0.25, -0.2) is 4.98 Å². The highest BCUT2D eigenvalue weighted by Crippen LogP contribution is 2.13. The molecule has 3 rings (SSSR count). The molecule has 0 aromatic carbocycles. The molecule has 100 valence electrons. The van der Waals surface area contributed by atoms with Gasteiger partial charge in [-0.1, -0.05) is 13.0 Å². The molecule has 0 spiro atoms. The maximum Gasteiger partial charge on any atom is 0.262 e. The van der Waals surface area contributed by atoms with E-state index in [1.54, 1.807) is 23.0 Å². The predicted molar refractivity (Wildman–Crippen MR) is 81.9 cm³/mol. The van der Waals surface area contributed by atoms with Crippen LogP contribution in [-0.2, 0) is 6.42 Å². The van der Waals surface area contributed by atoms with Gasteiger partial charge < -0.3 is 0 Å². The number of hydrogen-bond acceptors (Lipinski definition) is 4. The zero-order chi connectivity index (χ0) is 13.9. The van der Waals surface area contributed by atoms with Crippen LogP contribution in [0, 0.1) is 0 Å². The summed E-state index contributed by atoms with van der Waals surface area (Å²) >= 11 is 1.46. The third-order valence-corrected chi connectivity index (χ3v) is 3.84. The zero-order valence-electron chi connectivity index (χ0n) is 11.0. The van der Waals surface area contributed by atoms with Crippen molar-refractivity contribution >= 4 is 28.4 Å². The number of pyridine rings is 1. The minimum atomic E-state index is 0.0214. The Morgan fingerprint density at radius 3 is 2.85 bits per heavy atom. The minimum Gasteiger partial charge on any atom is -0.269 e. The molecule has 0 unspecified atom stereocenters. The second-order valence-electron chi connectivity index (χ2n) is 4.30. The van der Waals surface area contributed by atoms with Gasteiger partial charge in [-0.05, 0) is 30.2 Å². The largest absolute Gasteiger partial charge is 0.269 e. The van der Waals surface area contributed by atoms with Crippen LogP contribution in [0.4, 0.5) is 0 Å². The molecule has 0 amide bonds. The fraction of sp³-hybridized carbons (Fsp3) is 0.133. The van der Waals surface area contributed by atoms with Crippen molar-refractivity contribution in [2.24, 2.45) is 0 Å². The molecule has 4 nitrogen and oxygen atoms in total. The van der Waals surface area contributed by atoms with Gasteiger partial charge in [0.1, 0.15) is 0 Å². The van der Waals surface area contributed by atoms with Gasteiger partial charge in [0, 0.05) is 29.5 Å². The molecule has 3 aromatic heterocycles. The Hall–Kier alpha value is -2.27. The monoisotopic (exact) mass is 283 g/mol. The van der Waals surface area contributed by atoms with Crippen molar-refractivity contribution in [1.29, 1.82) is 0 Å². The number of thiazole rings is 1. The van der Waals surface area contributed by atoms with Crippen LogP contribution in [0.2, 0.25) is 0 Å². The van der Waals surface area contributed by atoms with E-state index in [-0.39, 0.29) is 5.56 Å². The first kappa shape index (κ1) is 12.7. The van der Waals surface area contributed by atoms with E-state index >= 15 is 0 Å². The van der Waals surface area contributed by atoms with E-state index in [1.165, 1.54) is 11.3 Å². The number of fused-ring (bicyclic) bond motifs is 1. The van der Waals surface area contributed by atoms with E-state index in [0.29, 0.717) is 6.42 Å². The predicted octanol–water partition coefficient (Wildman–Crippen LogP) is 2.88. The average molecular weight is 283 g/mol. The summed E-state index contributed by atoms with van der Waals surface area (Å²) in [5.41, 5.74) is 2.55. The maximum absolute atomic E-state index is 12.3. The highest BCUT2D eigenvalue weighted by atomic mass is 32.1. The van der Waals surface area contributed by atoms with Gasteiger partial charge in [-0.3, -0.25) is 14.2 Å². The Kier molecular flexibility index (Phi) is 3.43. The molecule has 3 heterocycles. The van der Waals surface area contributed by atoms with Crippen LogP contribution in [0.3, 0.4) is 0 Å². The summed E-state index contributed by atoms with van der Waals surface area (Å²) in [7, 11) is 0. The SMILES string of the molecule is CCc1c(C=Cc2ccncc2)nc2sccn2c1=O. The van der Waals surface area contributed by atoms with Crippen molar-refractivity contribution in [1.82, 2.24) is 14.4 Å². The lowest BCUT2D eigenvalue weighted by Gasteiger charge is -2.03. The third kappa shape index (κ3) is 2.28. The molecule has 0 aliphatic heterocycles. The summed E-state index contributed by atoms with van der Waals surface area (Å²) in [5.74, 6) is 0. The zero-order valence-corrected chi connectivity index (χ0v) is 11.8. The van der Waals surface area contributed by atoms with Gasteiger partial charge in [-0.15, -0.1) is 11.3 Å². The summed E-state index contributed by atoms with van der Waals surface area (Å²) in [6.45, 7) is 1.97. The molecule has 3 aromatic rings. The summed E-state index contributed by atoms with van der Waals surface area (Å²) < 4.78 is 1.60. The van der Waals surface area contributed by atoms with Gasteiger partial charge in [0.2, 0.25) is 0 Å². The molecule has 5 heteroatoms. The Bertz CT molecular complexity index is 818. The molecular formula is C15H13N3OS. The van der Waals surface area contributed by atoms with Gasteiger partial charge >= 0.3 is 0 Å². The molecule has 20 heavy (non-hydrogen) atoms. The quantitative estimate of drug-likeness (QED) is 0.742. The summed E-state index contributed by atoms with van der Waals surface area (Å²) in [4.78, 5) is 21.6. The van der Waals surface area contributed by atoms with Crippen LogP contribution in [0.15, 0.2) is 40.9 Å². The second-order valence-corrected chi connectivity index (χ2v) is 5.18. The molecule has 0 bridgehead atoms. The summed E-state index contributed by atoms with van der Waals surface area (Å²) in [6.07, 6.45) is 9.77. The van der Waals surface area contributed by atoms with Gasteiger partial charge in [0.25, 0.3) is 5.56 Å². The second kappa shape index (κ2) is 5.38. The molecule has 0 saturated heterocycles. The van der Waals surface area contributed by atoms with Gasteiger partial charge in [0.15, 0.2) is 4.96 Å². The van der Waals surface area contributed by atoms with Crippen molar-refractivity contribution in [3.63, 3.8) is 0 Å². The Morgan fingerprint density at radius 2 is 2.10 bits per heavy atom. The lowest BCUT2D eigenvalue weighted by molar-refractivity contribution is 0.976. The number of rotatable bonds is 3. The average Bonchev–Trinajstić information content (AvgIpc) is 2.95. The Balaban J connectivity index is 2.11. The van der Waals surface area contributed by atoms with E-state index in [4.69, 9.17) is 0 Å². The number of nitrogens with zero attached hydrogens (tertiary/aromatic N) is 3. The van der Waals surface area contributed by atoms with E-state index in [9.17, 15) is 4.79 Å². The topological polar surface area (TPSA) is 47.3 Å². The van der Waals surface area contributed by atoms with Gasteiger partial charge in [-0.2, -0.15) is 0 Å². The van der Waals surface area contributed by atoms with Crippen molar-refractivity contribution in [2.45, 2.75) is 13.3 Å². The molecule has 0 fully saturated rings. The lowest BCUT2D eigenvalue weighted by atomic mass is 10.1. The van der Waals surface area contributed by atoms with E-state index in [1.807, 2.05) is 36.6 Å². The number of hydrogen-bond donors (Lipinski definition) is 0. The summed E-state index contributed by atoms with van der Waals surface area (Å²) in [6, 6.07) is 3.83. The normalized spacial score (nSPS) is 11.4. The highest BCUT2D eigenvalue weighted by molar-refractivity contribution is 7.15. The molecular weight excluding hydrogens is 270 g/mol.